The van der Waals surface area contributed by atoms with E-state index in [1.165, 1.54) is 76.1 Å². The number of sulfonamides is 1. The Kier molecular flexibility index (Phi) is 5.03. The first-order valence-corrected chi connectivity index (χ1v) is 13.3. The van der Waals surface area contributed by atoms with Crippen LogP contribution < -0.4 is 5.32 Å². The van der Waals surface area contributed by atoms with E-state index in [0.717, 1.165) is 33.3 Å². The lowest BCUT2D eigenvalue weighted by Gasteiger charge is -2.56. The van der Waals surface area contributed by atoms with Crippen LogP contribution in [0.1, 0.15) is 60.1 Å². The number of anilines is 1. The summed E-state index contributed by atoms with van der Waals surface area (Å²) in [4.78, 5) is 18.0. The van der Waals surface area contributed by atoms with Gasteiger partial charge >= 0.3 is 0 Å². The van der Waals surface area contributed by atoms with Gasteiger partial charge in [0, 0.05) is 30.5 Å². The van der Waals surface area contributed by atoms with Crippen molar-refractivity contribution in [1.29, 1.82) is 0 Å². The van der Waals surface area contributed by atoms with E-state index in [9.17, 15) is 13.2 Å². The lowest BCUT2D eigenvalue weighted by molar-refractivity contribution is -0.00688. The molecule has 166 valence electrons. The molecule has 31 heavy (non-hydrogen) atoms. The predicted octanol–water partition coefficient (Wildman–Crippen LogP) is 4.42. The number of amides is 1. The number of hydrogen-bond donors (Lipinski definition) is 1. The molecule has 2 aromatic rings. The van der Waals surface area contributed by atoms with Crippen LogP contribution in [-0.2, 0) is 15.4 Å². The molecule has 6 nitrogen and oxygen atoms in total. The summed E-state index contributed by atoms with van der Waals surface area (Å²) < 4.78 is 26.1. The zero-order valence-corrected chi connectivity index (χ0v) is 19.9. The topological polar surface area (TPSA) is 79.4 Å². The van der Waals surface area contributed by atoms with Gasteiger partial charge in [-0.25, -0.2) is 17.7 Å². The van der Waals surface area contributed by atoms with Crippen molar-refractivity contribution in [3.8, 4) is 0 Å². The van der Waals surface area contributed by atoms with Gasteiger partial charge in [0.15, 0.2) is 5.13 Å². The average molecular weight is 460 g/mol. The summed E-state index contributed by atoms with van der Waals surface area (Å²) >= 11 is 1.47. The van der Waals surface area contributed by atoms with Gasteiger partial charge < -0.3 is 0 Å². The molecular formula is C23H29N3O3S2. The zero-order valence-electron chi connectivity index (χ0n) is 18.2. The van der Waals surface area contributed by atoms with Crippen molar-refractivity contribution < 1.29 is 13.2 Å². The van der Waals surface area contributed by atoms with E-state index in [1.807, 2.05) is 6.92 Å². The molecule has 4 aliphatic carbocycles. The molecule has 0 unspecified atom stereocenters. The van der Waals surface area contributed by atoms with Crippen LogP contribution >= 0.6 is 11.3 Å². The molecule has 0 atom stereocenters. The lowest BCUT2D eigenvalue weighted by Crippen LogP contribution is -2.48. The fraction of sp³-hybridized carbons (Fsp3) is 0.565. The second-order valence-corrected chi connectivity index (χ2v) is 13.0. The molecule has 0 radical (unpaired) electrons. The smallest absolute Gasteiger partial charge is 0.257 e. The average Bonchev–Trinajstić information content (AvgIpc) is 3.16. The maximum atomic E-state index is 13.0. The molecule has 4 aliphatic rings. The van der Waals surface area contributed by atoms with Gasteiger partial charge in [0.25, 0.3) is 5.91 Å². The summed E-state index contributed by atoms with van der Waals surface area (Å²) in [5.74, 6) is 2.21. The molecule has 1 amide bonds. The van der Waals surface area contributed by atoms with Crippen LogP contribution in [0.15, 0.2) is 28.5 Å². The molecular weight excluding hydrogens is 430 g/mol. The molecule has 6 rings (SSSR count). The third-order valence-electron chi connectivity index (χ3n) is 7.54. The highest BCUT2D eigenvalue weighted by Crippen LogP contribution is 2.60. The fourth-order valence-electron chi connectivity index (χ4n) is 6.38. The molecule has 4 saturated carbocycles. The minimum absolute atomic E-state index is 0.113. The molecule has 4 fully saturated rings. The van der Waals surface area contributed by atoms with E-state index in [-0.39, 0.29) is 16.2 Å². The molecule has 0 saturated heterocycles. The quantitative estimate of drug-likeness (QED) is 0.718. The predicted molar refractivity (Wildman–Crippen MR) is 122 cm³/mol. The monoisotopic (exact) mass is 459 g/mol. The van der Waals surface area contributed by atoms with E-state index in [2.05, 4.69) is 10.7 Å². The van der Waals surface area contributed by atoms with Gasteiger partial charge in [0.05, 0.1) is 10.6 Å². The maximum Gasteiger partial charge on any atom is 0.257 e. The van der Waals surface area contributed by atoms with Crippen LogP contribution in [0.4, 0.5) is 5.13 Å². The van der Waals surface area contributed by atoms with Gasteiger partial charge in [-0.15, -0.1) is 11.3 Å². The van der Waals surface area contributed by atoms with Crippen LogP contribution in [0.25, 0.3) is 0 Å². The third-order valence-corrected chi connectivity index (χ3v) is 10.1. The number of benzene rings is 1. The summed E-state index contributed by atoms with van der Waals surface area (Å²) in [6.45, 7) is 1.81. The van der Waals surface area contributed by atoms with Crippen molar-refractivity contribution in [2.24, 2.45) is 17.8 Å². The van der Waals surface area contributed by atoms with E-state index >= 15 is 0 Å². The SMILES string of the molecule is Cc1ccc(S(=O)(=O)N(C)C)cc1C(=O)Nc1nc(C23CC4CC(CC(C4)C2)C3)cs1. The molecule has 0 spiro atoms. The number of aryl methyl sites for hydroxylation is 1. The van der Waals surface area contributed by atoms with Crippen LogP contribution in [-0.4, -0.2) is 37.7 Å². The summed E-state index contributed by atoms with van der Waals surface area (Å²) in [6.07, 6.45) is 7.87. The minimum Gasteiger partial charge on any atom is -0.298 e. The third kappa shape index (κ3) is 3.62. The first-order chi connectivity index (χ1) is 14.7. The Morgan fingerprint density at radius 1 is 1.13 bits per heavy atom. The second-order valence-electron chi connectivity index (χ2n) is 9.95. The molecule has 4 bridgehead atoms. The van der Waals surface area contributed by atoms with Gasteiger partial charge in [-0.3, -0.25) is 10.1 Å². The highest BCUT2D eigenvalue weighted by Gasteiger charge is 2.52. The minimum atomic E-state index is -3.60. The Hall–Kier alpha value is -1.77. The number of thiazole rings is 1. The van der Waals surface area contributed by atoms with Crippen molar-refractivity contribution in [2.45, 2.75) is 55.8 Å². The first kappa shape index (κ1) is 21.1. The van der Waals surface area contributed by atoms with Crippen LogP contribution in [0.5, 0.6) is 0 Å². The van der Waals surface area contributed by atoms with Crippen LogP contribution in [0.3, 0.4) is 0 Å². The van der Waals surface area contributed by atoms with E-state index in [1.54, 1.807) is 6.07 Å². The summed E-state index contributed by atoms with van der Waals surface area (Å²) in [6, 6.07) is 4.66. The van der Waals surface area contributed by atoms with Gasteiger partial charge in [0.1, 0.15) is 0 Å². The largest absolute Gasteiger partial charge is 0.298 e. The number of hydrogen-bond acceptors (Lipinski definition) is 5. The first-order valence-electron chi connectivity index (χ1n) is 11.0. The van der Waals surface area contributed by atoms with Crippen LogP contribution in [0.2, 0.25) is 0 Å². The zero-order chi connectivity index (χ0) is 22.0. The second kappa shape index (κ2) is 7.39. The number of carbonyl (C=O) groups is 1. The standard InChI is InChI=1S/C23H29N3O3S2/c1-14-4-5-18(31(28,29)26(2)3)9-19(14)21(27)25-22-24-20(13-30-22)23-10-15-6-16(11-23)8-17(7-15)12-23/h4-5,9,13,15-17H,6-8,10-12H2,1-3H3,(H,24,25,27). The highest BCUT2D eigenvalue weighted by atomic mass is 32.2. The molecule has 0 aliphatic heterocycles. The highest BCUT2D eigenvalue weighted by molar-refractivity contribution is 7.89. The van der Waals surface area contributed by atoms with Gasteiger partial charge in [-0.1, -0.05) is 6.07 Å². The Bertz CT molecular complexity index is 1100. The van der Waals surface area contributed by atoms with Gasteiger partial charge in [0.2, 0.25) is 10.0 Å². The fourth-order valence-corrected chi connectivity index (χ4v) is 8.14. The Morgan fingerprint density at radius 3 is 2.32 bits per heavy atom. The van der Waals surface area contributed by atoms with Crippen LogP contribution in [0, 0.1) is 24.7 Å². The van der Waals surface area contributed by atoms with Crippen molar-refractivity contribution in [3.05, 3.63) is 40.4 Å². The molecule has 1 heterocycles. The maximum absolute atomic E-state index is 13.0. The van der Waals surface area contributed by atoms with Gasteiger partial charge in [-0.05, 0) is 80.9 Å². The van der Waals surface area contributed by atoms with E-state index < -0.39 is 10.0 Å². The van der Waals surface area contributed by atoms with Crippen molar-refractivity contribution in [3.63, 3.8) is 0 Å². The number of rotatable bonds is 5. The van der Waals surface area contributed by atoms with Crippen molar-refractivity contribution >= 4 is 32.4 Å². The van der Waals surface area contributed by atoms with E-state index in [0.29, 0.717) is 10.7 Å². The number of nitrogens with one attached hydrogen (secondary N) is 1. The number of carbonyl (C=O) groups excluding carboxylic acids is 1. The Morgan fingerprint density at radius 2 is 1.74 bits per heavy atom. The molecule has 1 aromatic carbocycles. The number of nitrogens with zero attached hydrogens (tertiary/aromatic N) is 2. The summed E-state index contributed by atoms with van der Waals surface area (Å²) in [5.41, 5.74) is 2.43. The van der Waals surface area contributed by atoms with Crippen molar-refractivity contribution in [2.75, 3.05) is 19.4 Å². The molecule has 1 N–H and O–H groups in total. The summed E-state index contributed by atoms with van der Waals surface area (Å²) in [5, 5.41) is 5.64. The molecule has 8 heteroatoms. The van der Waals surface area contributed by atoms with Crippen molar-refractivity contribution in [1.82, 2.24) is 9.29 Å². The summed E-state index contributed by atoms with van der Waals surface area (Å²) in [7, 11) is -0.639. The van der Waals surface area contributed by atoms with Gasteiger partial charge in [-0.2, -0.15) is 0 Å². The Balaban J connectivity index is 1.37. The number of aromatic nitrogens is 1. The molecule has 1 aromatic heterocycles. The normalized spacial score (nSPS) is 29.5. The van der Waals surface area contributed by atoms with E-state index in [4.69, 9.17) is 4.98 Å². The Labute approximate surface area is 188 Å². The lowest BCUT2D eigenvalue weighted by atomic mass is 9.49.